The lowest BCUT2D eigenvalue weighted by molar-refractivity contribution is -0.138. The summed E-state index contributed by atoms with van der Waals surface area (Å²) in [6.45, 7) is 6.06. The summed E-state index contributed by atoms with van der Waals surface area (Å²) in [7, 11) is -5.17. The van der Waals surface area contributed by atoms with Gasteiger partial charge in [0.05, 0.1) is 45.1 Å². The number of sulfonamides is 1. The topological polar surface area (TPSA) is 246 Å². The minimum absolute atomic E-state index is 0.0257. The normalized spacial score (nSPS) is 14.4. The maximum atomic E-state index is 12.8. The van der Waals surface area contributed by atoms with Gasteiger partial charge in [0.2, 0.25) is 15.9 Å². The fourth-order valence-electron chi connectivity index (χ4n) is 6.10. The molecule has 1 aromatic heterocycles. The van der Waals surface area contributed by atoms with Crippen LogP contribution in [0.1, 0.15) is 50.7 Å². The van der Waals surface area contributed by atoms with Crippen LogP contribution in [-0.4, -0.2) is 113 Å². The van der Waals surface area contributed by atoms with Crippen LogP contribution < -0.4 is 30.7 Å². The Morgan fingerprint density at radius 2 is 1.65 bits per heavy atom. The number of halogens is 7. The molecule has 3 atom stereocenters. The average Bonchev–Trinajstić information content (AvgIpc) is 3.57. The number of fused-ring (bicyclic) bond motifs is 1. The number of alkyl halides is 5. The third-order valence-electron chi connectivity index (χ3n) is 9.29. The lowest BCUT2D eigenvalue weighted by Gasteiger charge is -2.35. The van der Waals surface area contributed by atoms with E-state index in [0.717, 1.165) is 47.7 Å². The highest BCUT2D eigenvalue weighted by molar-refractivity contribution is 7.92. The average molecular weight is 1100 g/mol. The van der Waals surface area contributed by atoms with E-state index in [4.69, 9.17) is 83.2 Å². The minimum atomic E-state index is -3.65. The molecule has 3 unspecified atom stereocenters. The Kier molecular flexibility index (Phi) is 24.2. The predicted octanol–water partition coefficient (Wildman–Crippen LogP) is 7.70. The number of carboxylic acids is 1. The number of anilines is 3. The second-order valence-electron chi connectivity index (χ2n) is 14.7. The number of methoxy groups -OCH3 is 1. The van der Waals surface area contributed by atoms with Gasteiger partial charge in [-0.2, -0.15) is 13.5 Å². The van der Waals surface area contributed by atoms with E-state index in [0.29, 0.717) is 17.0 Å². The molecule has 2 heterocycles. The van der Waals surface area contributed by atoms with Crippen LogP contribution in [0.2, 0.25) is 10.0 Å². The number of hydrogen-bond donors (Lipinski definition) is 4. The van der Waals surface area contributed by atoms with Crippen molar-refractivity contribution < 1.29 is 55.6 Å². The van der Waals surface area contributed by atoms with Gasteiger partial charge in [0.15, 0.2) is 12.2 Å². The van der Waals surface area contributed by atoms with Gasteiger partial charge in [-0.15, -0.1) is 16.7 Å². The number of ether oxygens (including phenoxy) is 2. The van der Waals surface area contributed by atoms with Crippen LogP contribution in [0.15, 0.2) is 59.4 Å². The largest absolute Gasteiger partial charge is 0.489 e. The molecular formula is C41H53Cl5F2N7O11PS. The van der Waals surface area contributed by atoms with Crippen molar-refractivity contribution in [3.63, 3.8) is 0 Å². The molecule has 0 saturated carbocycles. The summed E-state index contributed by atoms with van der Waals surface area (Å²) in [5.41, 5.74) is 7.78. The van der Waals surface area contributed by atoms with Crippen molar-refractivity contribution in [3.05, 3.63) is 92.1 Å². The Morgan fingerprint density at radius 1 is 1.06 bits per heavy atom. The molecule has 0 fully saturated rings. The van der Waals surface area contributed by atoms with Crippen LogP contribution in [0.3, 0.4) is 0 Å². The van der Waals surface area contributed by atoms with Gasteiger partial charge in [-0.3, -0.25) is 28.6 Å². The third kappa shape index (κ3) is 17.7. The molecule has 1 aliphatic rings. The molecule has 5 N–H and O–H groups in total. The molecule has 27 heteroatoms. The van der Waals surface area contributed by atoms with Crippen LogP contribution >= 0.6 is 65.4 Å². The first-order valence-electron chi connectivity index (χ1n) is 20.1. The molecule has 0 bridgehead atoms. The van der Waals surface area contributed by atoms with E-state index in [1.807, 2.05) is 49.4 Å². The zero-order chi connectivity index (χ0) is 51.8. The van der Waals surface area contributed by atoms with Crippen molar-refractivity contribution in [1.29, 1.82) is 0 Å². The molecule has 0 aliphatic carbocycles. The summed E-state index contributed by atoms with van der Waals surface area (Å²) >= 11 is 28.8. The highest BCUT2D eigenvalue weighted by Crippen LogP contribution is 2.36. The molecule has 2 amide bonds. The summed E-state index contributed by atoms with van der Waals surface area (Å²) in [4.78, 5) is 56.9. The standard InChI is InChI=1S/C14H20ClNO2.C11H10Cl2F2N4O3S.C11H11Cl2NO2.C5H12NO4P/c1-4-11-7-6-8-12(5-2)14(11)16(10-18-3)13(17)9-15;1-5-16-19(11(20)18(5)10(14)15)9-4-8(17-23(2,21)22)6(12)3-7(9)13;1-7-6-16-9-5-3-2-4-8(9)14(7)11(15)10(12)13;1-11(9,10)3-2-4(6)5(7)8/h6-8H,4-5,9-10H2,1-3H3;3-4,10,17H,1-2H3;2-5,7,10H,6H2,1H3;4H,2-3,6H2,1H3,(H,7,8)(H,9,10). The van der Waals surface area contributed by atoms with Gasteiger partial charge in [-0.25, -0.2) is 17.8 Å². The Bertz CT molecular complexity index is 2560. The van der Waals surface area contributed by atoms with Gasteiger partial charge < -0.3 is 30.1 Å². The fraction of sp³-hybridized carbons (Fsp3) is 0.439. The lowest BCUT2D eigenvalue weighted by Crippen LogP contribution is -2.47. The van der Waals surface area contributed by atoms with Gasteiger partial charge in [0.1, 0.15) is 36.8 Å². The van der Waals surface area contributed by atoms with Crippen LogP contribution in [0.4, 0.5) is 25.8 Å². The maximum absolute atomic E-state index is 12.8. The second-order valence-corrected chi connectivity index (χ2v) is 21.2. The minimum Gasteiger partial charge on any atom is -0.489 e. The number of benzene rings is 3. The number of hydrogen-bond acceptors (Lipinski definition) is 11. The fourth-order valence-corrected chi connectivity index (χ4v) is 8.35. The number of nitrogens with zero attached hydrogens (tertiary/aromatic N) is 5. The summed E-state index contributed by atoms with van der Waals surface area (Å²) in [6, 6.07) is 14.7. The Hall–Kier alpha value is -4.02. The van der Waals surface area contributed by atoms with E-state index in [-0.39, 0.29) is 74.9 Å². The van der Waals surface area contributed by atoms with Gasteiger partial charge in [-0.1, -0.05) is 90.6 Å². The third-order valence-corrected chi connectivity index (χ3v) is 12.2. The Labute approximate surface area is 417 Å². The number of nitrogens with one attached hydrogen (secondary N) is 1. The number of rotatable bonds is 15. The highest BCUT2D eigenvalue weighted by atomic mass is 35.5. The first-order valence-corrected chi connectivity index (χ1v) is 26.5. The molecule has 18 nitrogen and oxygen atoms in total. The molecular weight excluding hydrogens is 1040 g/mol. The van der Waals surface area contributed by atoms with E-state index in [1.165, 1.54) is 19.7 Å². The summed E-state index contributed by atoms with van der Waals surface area (Å²) in [5, 5.41) is 11.9. The number of carbonyl (C=O) groups is 3. The number of carbonyl (C=O) groups excluding carboxylic acids is 2. The molecule has 4 aromatic rings. The van der Waals surface area contributed by atoms with Crippen LogP contribution in [-0.2, 0) is 46.6 Å². The van der Waals surface area contributed by atoms with Gasteiger partial charge in [-0.05, 0) is 68.5 Å². The monoisotopic (exact) mass is 1100 g/mol. The summed E-state index contributed by atoms with van der Waals surface area (Å²) in [6.07, 6.45) is 2.65. The number of aromatic nitrogens is 3. The van der Waals surface area contributed by atoms with Gasteiger partial charge in [0, 0.05) is 19.9 Å². The van der Waals surface area contributed by atoms with E-state index in [2.05, 4.69) is 23.7 Å². The molecule has 0 radical (unpaired) electrons. The van der Waals surface area contributed by atoms with Crippen LogP contribution in [0.25, 0.3) is 5.69 Å². The van der Waals surface area contributed by atoms with Crippen molar-refractivity contribution in [2.45, 2.75) is 70.4 Å². The van der Waals surface area contributed by atoms with Crippen molar-refractivity contribution >= 4 is 110 Å². The molecule has 5 rings (SSSR count). The molecule has 3 aromatic carbocycles. The summed E-state index contributed by atoms with van der Waals surface area (Å²) in [5.74, 6) is -1.17. The van der Waals surface area contributed by atoms with Crippen molar-refractivity contribution in [1.82, 2.24) is 14.3 Å². The van der Waals surface area contributed by atoms with Gasteiger partial charge in [0.25, 0.3) is 5.91 Å². The highest BCUT2D eigenvalue weighted by Gasteiger charge is 2.32. The zero-order valence-electron chi connectivity index (χ0n) is 37.8. The second kappa shape index (κ2) is 27.4. The molecule has 378 valence electrons. The number of carboxylic acid groups (broad SMARTS) is 1. The van der Waals surface area contributed by atoms with E-state index in [9.17, 15) is 40.9 Å². The number of para-hydroxylation sites is 3. The first kappa shape index (κ1) is 60.1. The summed E-state index contributed by atoms with van der Waals surface area (Å²) < 4.78 is 72.6. The van der Waals surface area contributed by atoms with E-state index in [1.54, 1.807) is 16.9 Å². The molecule has 68 heavy (non-hydrogen) atoms. The van der Waals surface area contributed by atoms with Crippen LogP contribution in [0.5, 0.6) is 5.75 Å². The number of amides is 2. The van der Waals surface area contributed by atoms with Gasteiger partial charge >= 0.3 is 18.2 Å². The molecule has 0 spiro atoms. The number of nitrogens with two attached hydrogens (primary N) is 1. The zero-order valence-corrected chi connectivity index (χ0v) is 43.3. The number of aryl methyl sites for hydroxylation is 3. The quantitative estimate of drug-likeness (QED) is 0.0507. The van der Waals surface area contributed by atoms with Crippen molar-refractivity contribution in [2.75, 3.05) is 59.9 Å². The first-order chi connectivity index (χ1) is 31.6. The Balaban J connectivity index is 0.000000321. The van der Waals surface area contributed by atoms with Crippen molar-refractivity contribution in [2.24, 2.45) is 5.73 Å². The van der Waals surface area contributed by atoms with Crippen LogP contribution in [0, 0.1) is 6.92 Å². The number of aliphatic carboxylic acids is 1. The SMILES string of the molecule is CC1COc2ccccc2N1C(=O)C(Cl)Cl.CCc1cccc(CC)c1N(COC)C(=O)CCl.CP(=O)(O)CCC(N)C(=O)O.Cc1nn(-c2cc(NS(C)(=O)=O)c(Cl)cc2Cl)c(=O)n1C(F)F. The van der Waals surface area contributed by atoms with E-state index >= 15 is 0 Å². The van der Waals surface area contributed by atoms with E-state index < -0.39 is 46.5 Å². The lowest BCUT2D eigenvalue weighted by atomic mass is 10.0. The predicted molar refractivity (Wildman–Crippen MR) is 263 cm³/mol. The van der Waals surface area contributed by atoms with Crippen molar-refractivity contribution in [3.8, 4) is 11.4 Å². The maximum Gasteiger partial charge on any atom is 0.355 e. The Morgan fingerprint density at radius 3 is 2.12 bits per heavy atom. The smallest absolute Gasteiger partial charge is 0.355 e. The molecule has 0 saturated heterocycles. The molecule has 1 aliphatic heterocycles.